The van der Waals surface area contributed by atoms with Gasteiger partial charge in [-0.3, -0.25) is 0 Å². The van der Waals surface area contributed by atoms with Crippen molar-refractivity contribution in [2.75, 3.05) is 24.7 Å². The molecule has 0 fully saturated rings. The molecule has 1 rings (SSSR count). The Balaban J connectivity index is 2.58. The quantitative estimate of drug-likeness (QED) is 0.652. The molecule has 0 aliphatic carbocycles. The Labute approximate surface area is 109 Å². The molecule has 0 aromatic heterocycles. The van der Waals surface area contributed by atoms with Crippen molar-refractivity contribution in [2.24, 2.45) is 5.92 Å². The van der Waals surface area contributed by atoms with Crippen molar-refractivity contribution in [3.63, 3.8) is 0 Å². The van der Waals surface area contributed by atoms with Crippen LogP contribution in [0.2, 0.25) is 0 Å². The van der Waals surface area contributed by atoms with Crippen LogP contribution in [0.3, 0.4) is 0 Å². The molecule has 0 saturated heterocycles. The number of aliphatic hydroxyl groups excluding tert-OH is 1. The van der Waals surface area contributed by atoms with E-state index in [4.69, 9.17) is 10.5 Å². The zero-order chi connectivity index (χ0) is 13.5. The molecule has 0 saturated carbocycles. The molecule has 0 aliphatic heterocycles. The second-order valence-corrected chi connectivity index (χ2v) is 4.48. The minimum absolute atomic E-state index is 0.331. The van der Waals surface area contributed by atoms with Crippen LogP contribution >= 0.6 is 0 Å². The highest BCUT2D eigenvalue weighted by Crippen LogP contribution is 2.24. The summed E-state index contributed by atoms with van der Waals surface area (Å²) in [5.74, 6) is 1.07. The molecule has 0 spiro atoms. The Morgan fingerprint density at radius 1 is 1.33 bits per heavy atom. The normalized spacial score (nSPS) is 12.5. The van der Waals surface area contributed by atoms with Crippen LogP contribution < -0.4 is 15.8 Å². The molecule has 4 heteroatoms. The summed E-state index contributed by atoms with van der Waals surface area (Å²) in [5.41, 5.74) is 7.36. The smallest absolute Gasteiger partial charge is 0.121 e. The lowest BCUT2D eigenvalue weighted by molar-refractivity contribution is 0.114. The van der Waals surface area contributed by atoms with Crippen molar-refractivity contribution in [1.29, 1.82) is 0 Å². The van der Waals surface area contributed by atoms with Gasteiger partial charge in [-0.2, -0.15) is 0 Å². The van der Waals surface area contributed by atoms with Crippen LogP contribution in [0.4, 0.5) is 11.4 Å². The molecule has 0 heterocycles. The van der Waals surface area contributed by atoms with Crippen LogP contribution in [-0.4, -0.2) is 24.9 Å². The molecule has 1 aromatic rings. The minimum Gasteiger partial charge on any atom is -0.497 e. The monoisotopic (exact) mass is 252 g/mol. The van der Waals surface area contributed by atoms with Gasteiger partial charge in [-0.1, -0.05) is 26.7 Å². The Morgan fingerprint density at radius 2 is 2.00 bits per heavy atom. The molecule has 4 N–H and O–H groups in total. The van der Waals surface area contributed by atoms with Crippen molar-refractivity contribution in [1.82, 2.24) is 0 Å². The van der Waals surface area contributed by atoms with E-state index in [1.807, 2.05) is 12.1 Å². The summed E-state index contributed by atoms with van der Waals surface area (Å²) >= 11 is 0. The average Bonchev–Trinajstić information content (AvgIpc) is 2.38. The Hall–Kier alpha value is -1.42. The number of hydrogen-bond acceptors (Lipinski definition) is 4. The molecule has 1 aromatic carbocycles. The third-order valence-corrected chi connectivity index (χ3v) is 3.35. The first-order valence-corrected chi connectivity index (χ1v) is 6.47. The summed E-state index contributed by atoms with van der Waals surface area (Å²) in [6, 6.07) is 5.49. The molecule has 1 unspecified atom stereocenters. The number of methoxy groups -OCH3 is 1. The summed E-state index contributed by atoms with van der Waals surface area (Å²) in [4.78, 5) is 0. The Bertz CT molecular complexity index is 365. The molecule has 1 atom stereocenters. The van der Waals surface area contributed by atoms with E-state index in [-0.39, 0.29) is 6.10 Å². The minimum atomic E-state index is -0.346. The molecule has 0 bridgehead atoms. The lowest BCUT2D eigenvalue weighted by atomic mass is 9.96. The summed E-state index contributed by atoms with van der Waals surface area (Å²) in [6.07, 6.45) is 1.62. The molecular weight excluding hydrogens is 228 g/mol. The number of rotatable bonds is 7. The number of benzene rings is 1. The highest BCUT2D eigenvalue weighted by molar-refractivity contribution is 5.68. The summed E-state index contributed by atoms with van der Waals surface area (Å²) < 4.78 is 5.09. The second-order valence-electron chi connectivity index (χ2n) is 4.48. The third kappa shape index (κ3) is 3.81. The maximum atomic E-state index is 10.0. The van der Waals surface area contributed by atoms with Gasteiger partial charge in [0.25, 0.3) is 0 Å². The molecule has 0 radical (unpaired) electrons. The van der Waals surface area contributed by atoms with Crippen molar-refractivity contribution < 1.29 is 9.84 Å². The number of nitrogens with two attached hydrogens (primary N) is 1. The van der Waals surface area contributed by atoms with Gasteiger partial charge in [0.05, 0.1) is 24.6 Å². The largest absolute Gasteiger partial charge is 0.497 e. The van der Waals surface area contributed by atoms with Crippen molar-refractivity contribution in [3.8, 4) is 5.75 Å². The molecule has 0 aliphatic rings. The van der Waals surface area contributed by atoms with E-state index in [0.717, 1.165) is 24.3 Å². The summed E-state index contributed by atoms with van der Waals surface area (Å²) in [5, 5.41) is 13.2. The van der Waals surface area contributed by atoms with Crippen molar-refractivity contribution in [3.05, 3.63) is 18.2 Å². The van der Waals surface area contributed by atoms with E-state index in [2.05, 4.69) is 19.2 Å². The molecule has 18 heavy (non-hydrogen) atoms. The predicted octanol–water partition coefficient (Wildman–Crippen LogP) is 2.49. The topological polar surface area (TPSA) is 67.5 Å². The number of nitrogen functional groups attached to an aromatic ring is 1. The SMILES string of the molecule is CCC(CC)C(O)CNc1ccc(OC)cc1N. The van der Waals surface area contributed by atoms with Crippen LogP contribution in [0.25, 0.3) is 0 Å². The van der Waals surface area contributed by atoms with E-state index in [0.29, 0.717) is 18.2 Å². The summed E-state index contributed by atoms with van der Waals surface area (Å²) in [7, 11) is 1.61. The van der Waals surface area contributed by atoms with E-state index >= 15 is 0 Å². The molecule has 102 valence electrons. The molecule has 4 nitrogen and oxygen atoms in total. The lowest BCUT2D eigenvalue weighted by Gasteiger charge is -2.21. The van der Waals surface area contributed by atoms with Gasteiger partial charge in [-0.05, 0) is 18.1 Å². The number of hydrogen-bond donors (Lipinski definition) is 3. The van der Waals surface area contributed by atoms with Gasteiger partial charge in [0, 0.05) is 12.6 Å². The number of anilines is 2. The summed E-state index contributed by atoms with van der Waals surface area (Å²) in [6.45, 7) is 4.71. The zero-order valence-corrected chi connectivity index (χ0v) is 11.4. The fourth-order valence-electron chi connectivity index (χ4n) is 2.04. The van der Waals surface area contributed by atoms with Crippen molar-refractivity contribution >= 4 is 11.4 Å². The highest BCUT2D eigenvalue weighted by atomic mass is 16.5. The Morgan fingerprint density at radius 3 is 2.50 bits per heavy atom. The number of ether oxygens (including phenoxy) is 1. The van der Waals surface area contributed by atoms with E-state index in [1.54, 1.807) is 13.2 Å². The first kappa shape index (κ1) is 14.6. The number of nitrogens with one attached hydrogen (secondary N) is 1. The first-order valence-electron chi connectivity index (χ1n) is 6.47. The molecular formula is C14H24N2O2. The van der Waals surface area contributed by atoms with Gasteiger partial charge >= 0.3 is 0 Å². The predicted molar refractivity (Wildman–Crippen MR) is 76.0 cm³/mol. The fourth-order valence-corrected chi connectivity index (χ4v) is 2.04. The van der Waals surface area contributed by atoms with Gasteiger partial charge in [0.1, 0.15) is 5.75 Å². The van der Waals surface area contributed by atoms with Gasteiger partial charge < -0.3 is 20.9 Å². The van der Waals surface area contributed by atoms with Crippen LogP contribution in [-0.2, 0) is 0 Å². The van der Waals surface area contributed by atoms with Crippen LogP contribution in [0.1, 0.15) is 26.7 Å². The van der Waals surface area contributed by atoms with Gasteiger partial charge in [0.15, 0.2) is 0 Å². The first-order chi connectivity index (χ1) is 8.62. The number of aliphatic hydroxyl groups is 1. The van der Waals surface area contributed by atoms with Gasteiger partial charge in [-0.15, -0.1) is 0 Å². The molecule has 0 amide bonds. The average molecular weight is 252 g/mol. The van der Waals surface area contributed by atoms with Crippen molar-refractivity contribution in [2.45, 2.75) is 32.8 Å². The van der Waals surface area contributed by atoms with E-state index in [1.165, 1.54) is 0 Å². The fraction of sp³-hybridized carbons (Fsp3) is 0.571. The lowest BCUT2D eigenvalue weighted by Crippen LogP contribution is -2.27. The van der Waals surface area contributed by atoms with Gasteiger partial charge in [-0.25, -0.2) is 0 Å². The highest BCUT2D eigenvalue weighted by Gasteiger charge is 2.15. The van der Waals surface area contributed by atoms with E-state index in [9.17, 15) is 5.11 Å². The van der Waals surface area contributed by atoms with Crippen LogP contribution in [0, 0.1) is 5.92 Å². The zero-order valence-electron chi connectivity index (χ0n) is 11.4. The Kier molecular flexibility index (Phi) is 5.78. The van der Waals surface area contributed by atoms with Crippen LogP contribution in [0.5, 0.6) is 5.75 Å². The van der Waals surface area contributed by atoms with Crippen LogP contribution in [0.15, 0.2) is 18.2 Å². The maximum absolute atomic E-state index is 10.0. The standard InChI is InChI=1S/C14H24N2O2/c1-4-10(5-2)14(17)9-16-13-7-6-11(18-3)8-12(13)15/h6-8,10,14,16-17H,4-5,9,15H2,1-3H3. The third-order valence-electron chi connectivity index (χ3n) is 3.35. The van der Waals surface area contributed by atoms with E-state index < -0.39 is 0 Å². The second kappa shape index (κ2) is 7.11. The van der Waals surface area contributed by atoms with Gasteiger partial charge in [0.2, 0.25) is 0 Å². The maximum Gasteiger partial charge on any atom is 0.121 e.